The third-order valence-electron chi connectivity index (χ3n) is 3.17. The van der Waals surface area contributed by atoms with Crippen LogP contribution in [0.3, 0.4) is 0 Å². The Bertz CT molecular complexity index is 715. The van der Waals surface area contributed by atoms with Gasteiger partial charge in [0.25, 0.3) is 0 Å². The summed E-state index contributed by atoms with van der Waals surface area (Å²) in [7, 11) is 4.58. The average Bonchev–Trinajstić information content (AvgIpc) is 2.58. The summed E-state index contributed by atoms with van der Waals surface area (Å²) in [5.41, 5.74) is 1.20. The van der Waals surface area contributed by atoms with Gasteiger partial charge in [0.15, 0.2) is 11.5 Å². The van der Waals surface area contributed by atoms with E-state index in [1.807, 2.05) is 0 Å². The molecule has 120 valence electrons. The van der Waals surface area contributed by atoms with Gasteiger partial charge in [-0.15, -0.1) is 0 Å². The number of ether oxygens (including phenoxy) is 3. The van der Waals surface area contributed by atoms with Crippen molar-refractivity contribution in [2.75, 3.05) is 21.3 Å². The van der Waals surface area contributed by atoms with Crippen molar-refractivity contribution in [2.45, 2.75) is 0 Å². The smallest absolute Gasteiger partial charge is 0.337 e. The normalized spacial score (nSPS) is 10.6. The van der Waals surface area contributed by atoms with Crippen molar-refractivity contribution in [3.63, 3.8) is 0 Å². The highest BCUT2D eigenvalue weighted by atomic mass is 16.5. The van der Waals surface area contributed by atoms with E-state index in [1.54, 1.807) is 36.5 Å². The Labute approximate surface area is 134 Å². The Morgan fingerprint density at radius 3 is 2.17 bits per heavy atom. The van der Waals surface area contributed by atoms with Crippen LogP contribution in [0.15, 0.2) is 41.4 Å². The third-order valence-corrected chi connectivity index (χ3v) is 3.17. The molecule has 0 saturated carbocycles. The summed E-state index contributed by atoms with van der Waals surface area (Å²) in [6, 6.07) is 9.99. The maximum absolute atomic E-state index is 11.2. The fourth-order valence-electron chi connectivity index (χ4n) is 2.09. The minimum Gasteiger partial charge on any atom is -0.493 e. The zero-order chi connectivity index (χ0) is 16.8. The Morgan fingerprint density at radius 1 is 1.04 bits per heavy atom. The summed E-state index contributed by atoms with van der Waals surface area (Å²) in [5, 5.41) is 9.17. The standard InChI is InChI=1S/C17H17NO5/c1-21-14-8-11(9-15(22-2)16(14)23-3)10-18-13-7-5-4-6-12(13)17(19)20/h4-10H,1-3H3,(H,19,20). The Balaban J connectivity index is 2.42. The molecule has 0 radical (unpaired) electrons. The van der Waals surface area contributed by atoms with Crippen molar-refractivity contribution < 1.29 is 24.1 Å². The molecule has 0 aliphatic heterocycles. The van der Waals surface area contributed by atoms with Gasteiger partial charge in [-0.1, -0.05) is 12.1 Å². The first-order valence-corrected chi connectivity index (χ1v) is 6.77. The van der Waals surface area contributed by atoms with Crippen LogP contribution in [-0.2, 0) is 0 Å². The summed E-state index contributed by atoms with van der Waals surface area (Å²) in [4.78, 5) is 15.4. The van der Waals surface area contributed by atoms with Gasteiger partial charge in [-0.25, -0.2) is 4.79 Å². The Kier molecular flexibility index (Phi) is 5.19. The topological polar surface area (TPSA) is 77.4 Å². The van der Waals surface area contributed by atoms with E-state index in [2.05, 4.69) is 4.99 Å². The summed E-state index contributed by atoms with van der Waals surface area (Å²) in [6.07, 6.45) is 1.55. The van der Waals surface area contributed by atoms with E-state index in [0.29, 0.717) is 28.5 Å². The summed E-state index contributed by atoms with van der Waals surface area (Å²) in [5.74, 6) is 0.459. The number of rotatable bonds is 6. The van der Waals surface area contributed by atoms with E-state index < -0.39 is 5.97 Å². The number of aliphatic imine (C=N–C) groups is 1. The highest BCUT2D eigenvalue weighted by molar-refractivity contribution is 5.95. The first-order valence-electron chi connectivity index (χ1n) is 6.77. The minimum atomic E-state index is -1.03. The van der Waals surface area contributed by atoms with Gasteiger partial charge in [0.2, 0.25) is 5.75 Å². The highest BCUT2D eigenvalue weighted by Crippen LogP contribution is 2.37. The number of benzene rings is 2. The highest BCUT2D eigenvalue weighted by Gasteiger charge is 2.12. The SMILES string of the molecule is COc1cc(C=Nc2ccccc2C(=O)O)cc(OC)c1OC. The number of aromatic carboxylic acids is 1. The monoisotopic (exact) mass is 315 g/mol. The average molecular weight is 315 g/mol. The lowest BCUT2D eigenvalue weighted by Gasteiger charge is -2.12. The molecular formula is C17H17NO5. The molecule has 2 aromatic rings. The zero-order valence-electron chi connectivity index (χ0n) is 13.1. The second-order valence-corrected chi connectivity index (χ2v) is 4.54. The predicted octanol–water partition coefficient (Wildman–Crippen LogP) is 3.16. The van der Waals surface area contributed by atoms with Crippen LogP contribution in [0.4, 0.5) is 5.69 Å². The van der Waals surface area contributed by atoms with Crippen molar-refractivity contribution in [3.05, 3.63) is 47.5 Å². The Hall–Kier alpha value is -3.02. The fourth-order valence-corrected chi connectivity index (χ4v) is 2.09. The molecule has 2 aromatic carbocycles. The molecule has 0 bridgehead atoms. The van der Waals surface area contributed by atoms with Gasteiger partial charge in [0.1, 0.15) is 0 Å². The molecule has 0 aromatic heterocycles. The van der Waals surface area contributed by atoms with Crippen LogP contribution in [0, 0.1) is 0 Å². The summed E-state index contributed by atoms with van der Waals surface area (Å²) >= 11 is 0. The molecule has 6 nitrogen and oxygen atoms in total. The second-order valence-electron chi connectivity index (χ2n) is 4.54. The van der Waals surface area contributed by atoms with Crippen LogP contribution in [0.25, 0.3) is 0 Å². The fraction of sp³-hybridized carbons (Fsp3) is 0.176. The minimum absolute atomic E-state index is 0.135. The molecule has 0 unspecified atom stereocenters. The van der Waals surface area contributed by atoms with Crippen molar-refractivity contribution in [3.8, 4) is 17.2 Å². The number of para-hydroxylation sites is 1. The number of nitrogens with zero attached hydrogens (tertiary/aromatic N) is 1. The quantitative estimate of drug-likeness (QED) is 0.829. The molecule has 0 fully saturated rings. The van der Waals surface area contributed by atoms with Crippen LogP contribution in [0.2, 0.25) is 0 Å². The number of carboxylic acid groups (broad SMARTS) is 1. The molecular weight excluding hydrogens is 298 g/mol. The van der Waals surface area contributed by atoms with E-state index in [-0.39, 0.29) is 5.56 Å². The molecule has 0 atom stereocenters. The third kappa shape index (κ3) is 3.60. The first kappa shape index (κ1) is 16.4. The Morgan fingerprint density at radius 2 is 1.65 bits per heavy atom. The van der Waals surface area contributed by atoms with Gasteiger partial charge in [0.05, 0.1) is 32.6 Å². The van der Waals surface area contributed by atoms with Crippen LogP contribution in [0.5, 0.6) is 17.2 Å². The summed E-state index contributed by atoms with van der Waals surface area (Å²) < 4.78 is 15.8. The van der Waals surface area contributed by atoms with E-state index in [0.717, 1.165) is 0 Å². The molecule has 6 heteroatoms. The number of carboxylic acids is 1. The molecule has 0 amide bonds. The summed E-state index contributed by atoms with van der Waals surface area (Å²) in [6.45, 7) is 0. The van der Waals surface area contributed by atoms with Crippen molar-refractivity contribution in [2.24, 2.45) is 4.99 Å². The maximum atomic E-state index is 11.2. The van der Waals surface area contributed by atoms with Crippen LogP contribution in [-0.4, -0.2) is 38.6 Å². The lowest BCUT2D eigenvalue weighted by atomic mass is 10.1. The molecule has 1 N–H and O–H groups in total. The van der Waals surface area contributed by atoms with Gasteiger partial charge in [0, 0.05) is 11.8 Å². The van der Waals surface area contributed by atoms with Crippen molar-refractivity contribution >= 4 is 17.9 Å². The van der Waals surface area contributed by atoms with E-state index >= 15 is 0 Å². The van der Waals surface area contributed by atoms with E-state index in [4.69, 9.17) is 19.3 Å². The maximum Gasteiger partial charge on any atom is 0.337 e. The first-order chi connectivity index (χ1) is 11.1. The molecule has 2 rings (SSSR count). The van der Waals surface area contributed by atoms with Gasteiger partial charge in [-0.3, -0.25) is 4.99 Å². The number of methoxy groups -OCH3 is 3. The van der Waals surface area contributed by atoms with Crippen molar-refractivity contribution in [1.82, 2.24) is 0 Å². The number of carbonyl (C=O) groups is 1. The van der Waals surface area contributed by atoms with E-state index in [9.17, 15) is 4.79 Å². The number of hydrogen-bond donors (Lipinski definition) is 1. The lowest BCUT2D eigenvalue weighted by molar-refractivity contribution is 0.0698. The molecule has 0 spiro atoms. The molecule has 0 saturated heterocycles. The van der Waals surface area contributed by atoms with Gasteiger partial charge in [-0.2, -0.15) is 0 Å². The predicted molar refractivity (Wildman–Crippen MR) is 86.8 cm³/mol. The van der Waals surface area contributed by atoms with Gasteiger partial charge >= 0.3 is 5.97 Å². The lowest BCUT2D eigenvalue weighted by Crippen LogP contribution is -1.97. The van der Waals surface area contributed by atoms with Gasteiger partial charge in [-0.05, 0) is 24.3 Å². The number of hydrogen-bond acceptors (Lipinski definition) is 5. The van der Waals surface area contributed by atoms with Crippen LogP contribution in [0.1, 0.15) is 15.9 Å². The molecule has 0 heterocycles. The molecule has 23 heavy (non-hydrogen) atoms. The van der Waals surface area contributed by atoms with Crippen LogP contribution >= 0.6 is 0 Å². The molecule has 0 aliphatic carbocycles. The van der Waals surface area contributed by atoms with E-state index in [1.165, 1.54) is 27.4 Å². The van der Waals surface area contributed by atoms with Crippen molar-refractivity contribution in [1.29, 1.82) is 0 Å². The largest absolute Gasteiger partial charge is 0.493 e. The molecule has 0 aliphatic rings. The van der Waals surface area contributed by atoms with Crippen LogP contribution < -0.4 is 14.2 Å². The zero-order valence-corrected chi connectivity index (χ0v) is 13.1. The van der Waals surface area contributed by atoms with Gasteiger partial charge < -0.3 is 19.3 Å². The second kappa shape index (κ2) is 7.31.